The van der Waals surface area contributed by atoms with Gasteiger partial charge in [-0.15, -0.1) is 11.8 Å². The average Bonchev–Trinajstić information content (AvgIpc) is 3.27. The molecule has 1 amide bonds. The van der Waals surface area contributed by atoms with Crippen molar-refractivity contribution >= 4 is 17.7 Å². The van der Waals surface area contributed by atoms with Crippen LogP contribution in [0.15, 0.2) is 30.3 Å². The van der Waals surface area contributed by atoms with Crippen molar-refractivity contribution in [2.45, 2.75) is 50.3 Å². The number of nitrogens with zero attached hydrogens (tertiary/aromatic N) is 1. The molecule has 0 aromatic heterocycles. The summed E-state index contributed by atoms with van der Waals surface area (Å²) in [6, 6.07) is 10.6. The second-order valence-corrected chi connectivity index (χ2v) is 8.16. The zero-order valence-electron chi connectivity index (χ0n) is 13.2. The van der Waals surface area contributed by atoms with Crippen LogP contribution in [-0.4, -0.2) is 33.6 Å². The fourth-order valence-corrected chi connectivity index (χ4v) is 5.73. The van der Waals surface area contributed by atoms with Crippen molar-refractivity contribution < 1.29 is 9.53 Å². The third-order valence-electron chi connectivity index (χ3n) is 5.24. The summed E-state index contributed by atoms with van der Waals surface area (Å²) in [5.41, 5.74) is 0.613. The van der Waals surface area contributed by atoms with Gasteiger partial charge < -0.3 is 9.64 Å². The summed E-state index contributed by atoms with van der Waals surface area (Å²) in [6.45, 7) is 4.96. The monoisotopic (exact) mass is 317 g/mol. The number of hydrogen-bond donors (Lipinski definition) is 0. The summed E-state index contributed by atoms with van der Waals surface area (Å²) in [5.74, 6) is 2.26. The Bertz CT molecular complexity index is 572. The summed E-state index contributed by atoms with van der Waals surface area (Å²) in [6.07, 6.45) is 2.27. The molecule has 118 valence electrons. The number of β-lactam (4-membered cyclic amide) rings is 1. The van der Waals surface area contributed by atoms with Crippen LogP contribution in [0.3, 0.4) is 0 Å². The first kappa shape index (κ1) is 14.6. The van der Waals surface area contributed by atoms with Gasteiger partial charge in [-0.25, -0.2) is 0 Å². The third kappa shape index (κ3) is 2.04. The number of rotatable bonds is 5. The summed E-state index contributed by atoms with van der Waals surface area (Å²) in [4.78, 5) is 15.1. The number of hydrogen-bond acceptors (Lipinski definition) is 3. The van der Waals surface area contributed by atoms with Gasteiger partial charge in [-0.2, -0.15) is 0 Å². The second-order valence-electron chi connectivity index (χ2n) is 7.05. The van der Waals surface area contributed by atoms with Crippen LogP contribution in [0.25, 0.3) is 0 Å². The minimum absolute atomic E-state index is 0.239. The van der Waals surface area contributed by atoms with Gasteiger partial charge in [0.1, 0.15) is 5.37 Å². The number of thioether (sulfide) groups is 1. The fraction of sp³-hybridized carbons (Fsp3) is 0.611. The van der Waals surface area contributed by atoms with Gasteiger partial charge in [-0.05, 0) is 24.3 Å². The number of amides is 1. The first-order valence-corrected chi connectivity index (χ1v) is 9.31. The maximum Gasteiger partial charge on any atom is 0.259 e. The average molecular weight is 317 g/mol. The number of carbonyl (C=O) groups excluding carboxylic acids is 1. The molecule has 0 N–H and O–H groups in total. The van der Waals surface area contributed by atoms with E-state index in [2.05, 4.69) is 30.9 Å². The summed E-state index contributed by atoms with van der Waals surface area (Å²) in [5, 5.41) is 0.239. The molecule has 0 radical (unpaired) electrons. The number of carbonyl (C=O) groups is 1. The van der Waals surface area contributed by atoms with E-state index in [1.807, 2.05) is 30.0 Å². The van der Waals surface area contributed by atoms with Crippen LogP contribution in [-0.2, 0) is 16.1 Å². The molecule has 2 saturated heterocycles. The Hall–Kier alpha value is -1.00. The largest absolute Gasteiger partial charge is 0.357 e. The summed E-state index contributed by atoms with van der Waals surface area (Å²) in [7, 11) is 0. The molecule has 2 heterocycles. The molecule has 1 aromatic carbocycles. The lowest BCUT2D eigenvalue weighted by atomic mass is 9.83. The van der Waals surface area contributed by atoms with Crippen LogP contribution in [0, 0.1) is 11.8 Å². The first-order valence-electron chi connectivity index (χ1n) is 8.27. The van der Waals surface area contributed by atoms with Crippen LogP contribution in [0.2, 0.25) is 0 Å². The Morgan fingerprint density at radius 2 is 2.05 bits per heavy atom. The van der Waals surface area contributed by atoms with Crippen LogP contribution >= 0.6 is 11.8 Å². The molecule has 3 atom stereocenters. The van der Waals surface area contributed by atoms with Crippen molar-refractivity contribution in [2.75, 3.05) is 5.75 Å². The maximum absolute atomic E-state index is 13.0. The zero-order valence-corrected chi connectivity index (χ0v) is 14.0. The Kier molecular flexibility index (Phi) is 3.50. The molecule has 1 saturated carbocycles. The molecule has 22 heavy (non-hydrogen) atoms. The highest BCUT2D eigenvalue weighted by molar-refractivity contribution is 8.00. The standard InChI is InChI=1S/C18H23NO2S/c1-12(2)15-11-22-17-18(14-8-9-14,16(20)19(15)17)21-10-13-6-4-3-5-7-13/h3-7,12,14-15,17H,8-11H2,1-2H3/t15-,17+,18-/m1/s1. The van der Waals surface area contributed by atoms with Gasteiger partial charge in [0.05, 0.1) is 6.61 Å². The Morgan fingerprint density at radius 3 is 2.68 bits per heavy atom. The van der Waals surface area contributed by atoms with E-state index in [0.717, 1.165) is 24.2 Å². The Balaban J connectivity index is 1.54. The third-order valence-corrected chi connectivity index (χ3v) is 6.67. The van der Waals surface area contributed by atoms with Gasteiger partial charge in [0.15, 0.2) is 5.60 Å². The van der Waals surface area contributed by atoms with Gasteiger partial charge in [0, 0.05) is 17.7 Å². The predicted octanol–water partition coefficient (Wildman–Crippen LogP) is 3.29. The molecular formula is C18H23NO2S. The van der Waals surface area contributed by atoms with Crippen molar-refractivity contribution in [3.8, 4) is 0 Å². The number of fused-ring (bicyclic) bond motifs is 1. The highest BCUT2D eigenvalue weighted by Crippen LogP contribution is 2.58. The predicted molar refractivity (Wildman–Crippen MR) is 88.4 cm³/mol. The van der Waals surface area contributed by atoms with E-state index in [-0.39, 0.29) is 11.3 Å². The van der Waals surface area contributed by atoms with Crippen LogP contribution in [0.5, 0.6) is 0 Å². The van der Waals surface area contributed by atoms with E-state index in [1.165, 1.54) is 0 Å². The second kappa shape index (κ2) is 5.27. The van der Waals surface area contributed by atoms with Gasteiger partial charge in [0.25, 0.3) is 5.91 Å². The number of ether oxygens (including phenoxy) is 1. The highest BCUT2D eigenvalue weighted by Gasteiger charge is 2.71. The van der Waals surface area contributed by atoms with E-state index in [9.17, 15) is 4.79 Å². The molecule has 2 aliphatic heterocycles. The summed E-state index contributed by atoms with van der Waals surface area (Å²) < 4.78 is 6.32. The smallest absolute Gasteiger partial charge is 0.259 e. The molecule has 3 nitrogen and oxygen atoms in total. The molecular weight excluding hydrogens is 294 g/mol. The van der Waals surface area contributed by atoms with Gasteiger partial charge in [-0.3, -0.25) is 4.79 Å². The number of benzene rings is 1. The molecule has 0 bridgehead atoms. The zero-order chi connectivity index (χ0) is 15.3. The molecule has 1 aromatic rings. The topological polar surface area (TPSA) is 29.5 Å². The molecule has 1 aliphatic carbocycles. The van der Waals surface area contributed by atoms with Crippen molar-refractivity contribution in [1.29, 1.82) is 0 Å². The van der Waals surface area contributed by atoms with E-state index in [4.69, 9.17) is 4.74 Å². The van der Waals surface area contributed by atoms with Crippen LogP contribution < -0.4 is 0 Å². The minimum Gasteiger partial charge on any atom is -0.357 e. The normalized spacial score (nSPS) is 34.0. The van der Waals surface area contributed by atoms with E-state index in [1.54, 1.807) is 0 Å². The highest BCUT2D eigenvalue weighted by atomic mass is 32.2. The first-order chi connectivity index (χ1) is 10.6. The van der Waals surface area contributed by atoms with Crippen molar-refractivity contribution in [2.24, 2.45) is 11.8 Å². The van der Waals surface area contributed by atoms with Crippen LogP contribution in [0.4, 0.5) is 0 Å². The van der Waals surface area contributed by atoms with E-state index < -0.39 is 5.60 Å². The van der Waals surface area contributed by atoms with Crippen molar-refractivity contribution in [1.82, 2.24) is 4.90 Å². The van der Waals surface area contributed by atoms with Gasteiger partial charge >= 0.3 is 0 Å². The molecule has 0 spiro atoms. The lowest BCUT2D eigenvalue weighted by molar-refractivity contribution is -0.204. The van der Waals surface area contributed by atoms with Crippen molar-refractivity contribution in [3.63, 3.8) is 0 Å². The van der Waals surface area contributed by atoms with E-state index in [0.29, 0.717) is 24.5 Å². The molecule has 4 heteroatoms. The molecule has 4 rings (SSSR count). The lowest BCUT2D eigenvalue weighted by Crippen LogP contribution is -2.74. The van der Waals surface area contributed by atoms with Gasteiger partial charge in [-0.1, -0.05) is 44.2 Å². The lowest BCUT2D eigenvalue weighted by Gasteiger charge is -2.54. The fourth-order valence-electron chi connectivity index (χ4n) is 3.78. The van der Waals surface area contributed by atoms with E-state index >= 15 is 0 Å². The molecule has 0 unspecified atom stereocenters. The van der Waals surface area contributed by atoms with Crippen molar-refractivity contribution in [3.05, 3.63) is 35.9 Å². The molecule has 3 fully saturated rings. The SMILES string of the molecule is CC(C)[C@H]1CS[C@@H]2N1C(=O)[C@]2(OCc1ccccc1)C1CC1. The Labute approximate surface area is 136 Å². The Morgan fingerprint density at radius 1 is 1.32 bits per heavy atom. The van der Waals surface area contributed by atoms with Gasteiger partial charge in [0.2, 0.25) is 0 Å². The quantitative estimate of drug-likeness (QED) is 0.781. The minimum atomic E-state index is -0.538. The van der Waals surface area contributed by atoms with Crippen LogP contribution in [0.1, 0.15) is 32.3 Å². The summed E-state index contributed by atoms with van der Waals surface area (Å²) >= 11 is 1.92. The molecule has 3 aliphatic rings. The maximum atomic E-state index is 13.0.